The predicted octanol–water partition coefficient (Wildman–Crippen LogP) is 6.83. The molecule has 0 atom stereocenters. The quantitative estimate of drug-likeness (QED) is 0.214. The molecule has 2 aromatic carbocycles. The number of nitrogens with zero attached hydrogens (tertiary/aromatic N) is 1. The number of alkyl halides is 3. The molecule has 0 bridgehead atoms. The van der Waals surface area contributed by atoms with Crippen LogP contribution in [0.4, 0.5) is 18.9 Å². The second-order valence-electron chi connectivity index (χ2n) is 7.76. The molecule has 0 heterocycles. The molecule has 4 nitrogen and oxygen atoms in total. The maximum atomic E-state index is 12.8. The Labute approximate surface area is 193 Å². The Morgan fingerprint density at radius 2 is 1.61 bits per heavy atom. The molecule has 2 rings (SSSR count). The van der Waals surface area contributed by atoms with Crippen molar-refractivity contribution >= 4 is 11.7 Å². The average Bonchev–Trinajstić information content (AvgIpc) is 2.79. The van der Waals surface area contributed by atoms with Crippen LogP contribution in [0.5, 0.6) is 0 Å². The molecule has 0 spiro atoms. The van der Waals surface area contributed by atoms with Gasteiger partial charge in [-0.2, -0.15) is 13.2 Å². The number of carboxylic acid groups (broad SMARTS) is 1. The van der Waals surface area contributed by atoms with Crippen molar-refractivity contribution in [3.63, 3.8) is 0 Å². The predicted molar refractivity (Wildman–Crippen MR) is 123 cm³/mol. The summed E-state index contributed by atoms with van der Waals surface area (Å²) < 4.78 is 38.5. The highest BCUT2D eigenvalue weighted by molar-refractivity contribution is 5.68. The van der Waals surface area contributed by atoms with Crippen LogP contribution in [0.15, 0.2) is 48.5 Å². The van der Waals surface area contributed by atoms with E-state index < -0.39 is 24.3 Å². The van der Waals surface area contributed by atoms with Crippen molar-refractivity contribution < 1.29 is 27.9 Å². The van der Waals surface area contributed by atoms with E-state index in [4.69, 9.17) is 9.94 Å². The van der Waals surface area contributed by atoms with Crippen LogP contribution in [0.25, 0.3) is 0 Å². The van der Waals surface area contributed by atoms with Gasteiger partial charge in [0.25, 0.3) is 0 Å². The molecule has 178 valence electrons. The Morgan fingerprint density at radius 1 is 0.970 bits per heavy atom. The molecule has 0 radical (unpaired) electrons. The van der Waals surface area contributed by atoms with E-state index in [1.165, 1.54) is 49.3 Å². The van der Waals surface area contributed by atoms with Crippen LogP contribution in [0.3, 0.4) is 0 Å². The molecule has 0 aliphatic heterocycles. The monoisotopic (exact) mass is 461 g/mol. The number of carboxylic acids is 1. The largest absolute Gasteiger partial charge is 0.479 e. The van der Waals surface area contributed by atoms with Crippen LogP contribution in [-0.2, 0) is 22.4 Å². The van der Waals surface area contributed by atoms with Crippen molar-refractivity contribution in [1.82, 2.24) is 0 Å². The summed E-state index contributed by atoms with van der Waals surface area (Å²) >= 11 is 0. The molecular weight excluding hydrogens is 431 g/mol. The second-order valence-corrected chi connectivity index (χ2v) is 7.76. The third-order valence-corrected chi connectivity index (χ3v) is 4.99. The molecule has 33 heavy (non-hydrogen) atoms. The van der Waals surface area contributed by atoms with Gasteiger partial charge in [0, 0.05) is 12.0 Å². The van der Waals surface area contributed by atoms with Crippen LogP contribution >= 0.6 is 0 Å². The Hall–Kier alpha value is -2.98. The molecule has 7 heteroatoms. The number of aliphatic carboxylic acids is 1. The van der Waals surface area contributed by atoms with Gasteiger partial charge in [-0.3, -0.25) is 4.84 Å². The van der Waals surface area contributed by atoms with Crippen molar-refractivity contribution in [2.45, 2.75) is 64.6 Å². The Kier molecular flexibility index (Phi) is 10.8. The van der Waals surface area contributed by atoms with Crippen molar-refractivity contribution in [2.24, 2.45) is 0 Å². The maximum Gasteiger partial charge on any atom is 0.416 e. The third kappa shape index (κ3) is 10.0. The van der Waals surface area contributed by atoms with Crippen molar-refractivity contribution in [1.29, 1.82) is 0 Å². The van der Waals surface area contributed by atoms with E-state index in [0.717, 1.165) is 36.1 Å². The van der Waals surface area contributed by atoms with Crippen LogP contribution in [-0.4, -0.2) is 17.7 Å². The van der Waals surface area contributed by atoms with Crippen LogP contribution in [0, 0.1) is 11.8 Å². The molecule has 0 amide bonds. The molecule has 1 N–H and O–H groups in total. The number of rotatable bonds is 12. The van der Waals surface area contributed by atoms with E-state index in [0.29, 0.717) is 5.69 Å². The standard InChI is InChI=1S/C26H30F3NO3/c1-2-3-4-5-6-7-8-9-10-21-11-13-22(14-12-21)19-30(33-20-25(31)32)24-17-15-23(16-18-24)26(27,28)29/h11-18H,2-8,19-20H2,1H3,(H,31,32). The summed E-state index contributed by atoms with van der Waals surface area (Å²) in [7, 11) is 0. The lowest BCUT2D eigenvalue weighted by molar-refractivity contribution is -0.142. The highest BCUT2D eigenvalue weighted by Gasteiger charge is 2.30. The normalized spacial score (nSPS) is 11.0. The third-order valence-electron chi connectivity index (χ3n) is 4.99. The molecule has 0 aliphatic carbocycles. The maximum absolute atomic E-state index is 12.8. The molecule has 0 fully saturated rings. The fourth-order valence-corrected chi connectivity index (χ4v) is 3.18. The zero-order valence-corrected chi connectivity index (χ0v) is 18.8. The van der Waals surface area contributed by atoms with Gasteiger partial charge in [-0.25, -0.2) is 9.86 Å². The number of carbonyl (C=O) groups is 1. The zero-order chi connectivity index (χ0) is 24.1. The summed E-state index contributed by atoms with van der Waals surface area (Å²) in [5, 5.41) is 10.2. The van der Waals surface area contributed by atoms with Gasteiger partial charge in [0.05, 0.1) is 17.8 Å². The van der Waals surface area contributed by atoms with E-state index >= 15 is 0 Å². The van der Waals surface area contributed by atoms with E-state index in [1.807, 2.05) is 24.3 Å². The smallest absolute Gasteiger partial charge is 0.416 e. The number of hydrogen-bond acceptors (Lipinski definition) is 3. The Morgan fingerprint density at radius 3 is 2.21 bits per heavy atom. The number of hydroxylamine groups is 1. The topological polar surface area (TPSA) is 49.8 Å². The van der Waals surface area contributed by atoms with Crippen LogP contribution in [0.2, 0.25) is 0 Å². The lowest BCUT2D eigenvalue weighted by Gasteiger charge is -2.23. The number of anilines is 1. The van der Waals surface area contributed by atoms with Gasteiger partial charge in [-0.1, -0.05) is 63.0 Å². The first kappa shape index (κ1) is 26.3. The molecule has 0 saturated carbocycles. The number of halogens is 3. The minimum absolute atomic E-state index is 0.171. The van der Waals surface area contributed by atoms with Crippen molar-refractivity contribution in [3.05, 3.63) is 65.2 Å². The molecule has 0 saturated heterocycles. The first-order valence-electron chi connectivity index (χ1n) is 11.2. The lowest BCUT2D eigenvalue weighted by atomic mass is 10.1. The molecular formula is C26H30F3NO3. The molecule has 0 unspecified atom stereocenters. The second kappa shape index (κ2) is 13.5. The van der Waals surface area contributed by atoms with Crippen molar-refractivity contribution in [3.8, 4) is 11.8 Å². The van der Waals surface area contributed by atoms with Crippen molar-refractivity contribution in [2.75, 3.05) is 11.7 Å². The summed E-state index contributed by atoms with van der Waals surface area (Å²) in [6, 6.07) is 11.8. The summed E-state index contributed by atoms with van der Waals surface area (Å²) in [6.45, 7) is 1.76. The highest BCUT2D eigenvalue weighted by atomic mass is 19.4. The number of unbranched alkanes of at least 4 members (excludes halogenated alkanes) is 6. The summed E-state index contributed by atoms with van der Waals surface area (Å²) in [5.74, 6) is 5.15. The minimum atomic E-state index is -4.45. The van der Waals surface area contributed by atoms with E-state index in [1.54, 1.807) is 0 Å². The summed E-state index contributed by atoms with van der Waals surface area (Å²) in [4.78, 5) is 16.2. The summed E-state index contributed by atoms with van der Waals surface area (Å²) in [5.41, 5.74) is 1.22. The SMILES string of the molecule is CCCCCCCCC#Cc1ccc(CN(OCC(=O)O)c2ccc(C(F)(F)F)cc2)cc1. The molecule has 2 aromatic rings. The summed E-state index contributed by atoms with van der Waals surface area (Å²) in [6.07, 6.45) is 3.77. The lowest BCUT2D eigenvalue weighted by Crippen LogP contribution is -2.26. The van der Waals surface area contributed by atoms with Gasteiger partial charge in [0.15, 0.2) is 6.61 Å². The van der Waals surface area contributed by atoms with Gasteiger partial charge < -0.3 is 5.11 Å². The Bertz CT molecular complexity index is 913. The highest BCUT2D eigenvalue weighted by Crippen LogP contribution is 2.31. The van der Waals surface area contributed by atoms with E-state index in [-0.39, 0.29) is 6.54 Å². The van der Waals surface area contributed by atoms with Gasteiger partial charge in [0.2, 0.25) is 0 Å². The van der Waals surface area contributed by atoms with E-state index in [9.17, 15) is 18.0 Å². The van der Waals surface area contributed by atoms with E-state index in [2.05, 4.69) is 18.8 Å². The first-order chi connectivity index (χ1) is 15.8. The first-order valence-corrected chi connectivity index (χ1v) is 11.2. The fraction of sp³-hybridized carbons (Fsp3) is 0.423. The number of benzene rings is 2. The van der Waals surface area contributed by atoms with Crippen LogP contribution < -0.4 is 5.06 Å². The minimum Gasteiger partial charge on any atom is -0.479 e. The molecule has 0 aromatic heterocycles. The van der Waals surface area contributed by atoms with Gasteiger partial charge in [-0.05, 0) is 48.4 Å². The fourth-order valence-electron chi connectivity index (χ4n) is 3.18. The van der Waals surface area contributed by atoms with Crippen LogP contribution in [0.1, 0.15) is 68.6 Å². The van der Waals surface area contributed by atoms with Gasteiger partial charge >= 0.3 is 12.1 Å². The molecule has 0 aliphatic rings. The number of hydrogen-bond donors (Lipinski definition) is 1. The Balaban J connectivity index is 1.97. The zero-order valence-electron chi connectivity index (χ0n) is 18.8. The average molecular weight is 462 g/mol. The van der Waals surface area contributed by atoms with Gasteiger partial charge in [0.1, 0.15) is 0 Å². The van der Waals surface area contributed by atoms with Gasteiger partial charge in [-0.15, -0.1) is 0 Å².